The van der Waals surface area contributed by atoms with Crippen molar-refractivity contribution in [2.24, 2.45) is 4.99 Å². The maximum absolute atomic E-state index is 12.8. The van der Waals surface area contributed by atoms with Crippen LogP contribution in [0.5, 0.6) is 11.5 Å². The number of amidine groups is 1. The van der Waals surface area contributed by atoms with Crippen molar-refractivity contribution in [3.8, 4) is 11.5 Å². The second-order valence-corrected chi connectivity index (χ2v) is 8.00. The highest BCUT2D eigenvalue weighted by Crippen LogP contribution is 2.25. The zero-order valence-corrected chi connectivity index (χ0v) is 18.1. The topological polar surface area (TPSA) is 51.1 Å². The molecular weight excluding hydrogens is 384 g/mol. The molecule has 0 N–H and O–H groups in total. The van der Waals surface area contributed by atoms with E-state index in [1.54, 1.807) is 16.7 Å². The Morgan fingerprint density at radius 1 is 1.14 bits per heavy atom. The van der Waals surface area contributed by atoms with E-state index in [0.717, 1.165) is 45.7 Å². The molecule has 0 bridgehead atoms. The minimum Gasteiger partial charge on any atom is -0.494 e. The number of benzene rings is 2. The fourth-order valence-corrected chi connectivity index (χ4v) is 4.00. The van der Waals surface area contributed by atoms with Gasteiger partial charge >= 0.3 is 0 Å². The molecule has 1 saturated heterocycles. The number of rotatable bonds is 7. The number of carbonyl (C=O) groups excluding carboxylic acids is 1. The summed E-state index contributed by atoms with van der Waals surface area (Å²) in [5.74, 6) is 2.68. The van der Waals surface area contributed by atoms with Crippen LogP contribution >= 0.6 is 11.8 Å². The van der Waals surface area contributed by atoms with Crippen molar-refractivity contribution < 1.29 is 14.3 Å². The lowest BCUT2D eigenvalue weighted by Gasteiger charge is -2.27. The predicted molar refractivity (Wildman–Crippen MR) is 120 cm³/mol. The van der Waals surface area contributed by atoms with Crippen molar-refractivity contribution in [1.82, 2.24) is 4.90 Å². The Balaban J connectivity index is 1.62. The Labute approximate surface area is 177 Å². The molecule has 2 aromatic rings. The van der Waals surface area contributed by atoms with Gasteiger partial charge in [-0.05, 0) is 68.7 Å². The van der Waals surface area contributed by atoms with Crippen LogP contribution in [0, 0.1) is 13.8 Å². The van der Waals surface area contributed by atoms with Crippen molar-refractivity contribution in [3.05, 3.63) is 53.6 Å². The molecule has 0 atom stereocenters. The first kappa shape index (κ1) is 21.2. The smallest absolute Gasteiger partial charge is 0.231 e. The summed E-state index contributed by atoms with van der Waals surface area (Å²) in [5.41, 5.74) is 3.05. The van der Waals surface area contributed by atoms with Crippen LogP contribution in [0.15, 0.2) is 47.5 Å². The van der Waals surface area contributed by atoms with Crippen molar-refractivity contribution in [2.75, 3.05) is 25.5 Å². The molecule has 5 nitrogen and oxygen atoms in total. The lowest BCUT2D eigenvalue weighted by Crippen LogP contribution is -2.39. The molecule has 0 spiro atoms. The average molecular weight is 413 g/mol. The number of carbonyl (C=O) groups is 1. The summed E-state index contributed by atoms with van der Waals surface area (Å²) in [6, 6.07) is 13.7. The van der Waals surface area contributed by atoms with E-state index in [4.69, 9.17) is 14.5 Å². The molecule has 0 aromatic heterocycles. The summed E-state index contributed by atoms with van der Waals surface area (Å²) < 4.78 is 11.3. The number of ether oxygens (including phenoxy) is 2. The standard InChI is InChI=1S/C23H28N2O3S/c1-4-27-20-10-8-19(9-11-20)24-23-25(13-5-15-29-23)22(26)12-14-28-21-16-17(2)6-7-18(21)3/h6-11,16H,4-5,12-15H2,1-3H3. The van der Waals surface area contributed by atoms with Crippen molar-refractivity contribution in [1.29, 1.82) is 0 Å². The van der Waals surface area contributed by atoms with Gasteiger partial charge in [0.15, 0.2) is 5.17 Å². The van der Waals surface area contributed by atoms with Crippen LogP contribution in [-0.2, 0) is 4.79 Å². The molecule has 154 valence electrons. The molecule has 1 amide bonds. The van der Waals surface area contributed by atoms with Crippen molar-refractivity contribution >= 4 is 28.5 Å². The summed E-state index contributed by atoms with van der Waals surface area (Å²) in [4.78, 5) is 19.3. The van der Waals surface area contributed by atoms with Crippen LogP contribution in [0.1, 0.15) is 30.9 Å². The third-order valence-corrected chi connectivity index (χ3v) is 5.64. The average Bonchev–Trinajstić information content (AvgIpc) is 2.72. The lowest BCUT2D eigenvalue weighted by atomic mass is 10.1. The molecular formula is C23H28N2O3S. The van der Waals surface area contributed by atoms with Gasteiger partial charge in [-0.1, -0.05) is 23.9 Å². The van der Waals surface area contributed by atoms with E-state index in [9.17, 15) is 4.79 Å². The number of thioether (sulfide) groups is 1. The number of hydrogen-bond acceptors (Lipinski definition) is 5. The van der Waals surface area contributed by atoms with Gasteiger partial charge in [0.05, 0.1) is 25.3 Å². The maximum atomic E-state index is 12.8. The van der Waals surface area contributed by atoms with Gasteiger partial charge in [0.2, 0.25) is 5.91 Å². The molecule has 0 saturated carbocycles. The SMILES string of the molecule is CCOc1ccc(N=C2SCCCN2C(=O)CCOc2cc(C)ccc2C)cc1. The third kappa shape index (κ3) is 6.00. The summed E-state index contributed by atoms with van der Waals surface area (Å²) in [6.07, 6.45) is 1.30. The Hall–Kier alpha value is -2.47. The van der Waals surface area contributed by atoms with Gasteiger partial charge < -0.3 is 9.47 Å². The van der Waals surface area contributed by atoms with Gasteiger partial charge in [0.1, 0.15) is 11.5 Å². The minimum absolute atomic E-state index is 0.0483. The molecule has 0 radical (unpaired) electrons. The van der Waals surface area contributed by atoms with Gasteiger partial charge in [-0.25, -0.2) is 4.99 Å². The summed E-state index contributed by atoms with van der Waals surface area (Å²) >= 11 is 1.63. The molecule has 1 aliphatic rings. The first-order valence-electron chi connectivity index (χ1n) is 10.0. The van der Waals surface area contributed by atoms with Crippen LogP contribution in [0.3, 0.4) is 0 Å². The van der Waals surface area contributed by atoms with E-state index in [0.29, 0.717) is 26.2 Å². The minimum atomic E-state index is 0.0483. The van der Waals surface area contributed by atoms with Crippen LogP contribution in [-0.4, -0.2) is 41.5 Å². The van der Waals surface area contributed by atoms with E-state index in [-0.39, 0.29) is 5.91 Å². The maximum Gasteiger partial charge on any atom is 0.231 e. The quantitative estimate of drug-likeness (QED) is 0.633. The highest BCUT2D eigenvalue weighted by molar-refractivity contribution is 8.13. The number of hydrogen-bond donors (Lipinski definition) is 0. The van der Waals surface area contributed by atoms with E-state index >= 15 is 0 Å². The molecule has 29 heavy (non-hydrogen) atoms. The lowest BCUT2D eigenvalue weighted by molar-refractivity contribution is -0.127. The highest BCUT2D eigenvalue weighted by atomic mass is 32.2. The van der Waals surface area contributed by atoms with Crippen LogP contribution < -0.4 is 9.47 Å². The molecule has 6 heteroatoms. The Bertz CT molecular complexity index is 865. The van der Waals surface area contributed by atoms with Gasteiger partial charge in [0.25, 0.3) is 0 Å². The van der Waals surface area contributed by atoms with Crippen molar-refractivity contribution in [2.45, 2.75) is 33.6 Å². The normalized spacial score (nSPS) is 15.4. The molecule has 3 rings (SSSR count). The second-order valence-electron chi connectivity index (χ2n) is 6.94. The molecule has 1 aliphatic heterocycles. The number of amides is 1. The fourth-order valence-electron chi connectivity index (χ4n) is 3.02. The van der Waals surface area contributed by atoms with Crippen LogP contribution in [0.2, 0.25) is 0 Å². The largest absolute Gasteiger partial charge is 0.494 e. The molecule has 0 aliphatic carbocycles. The fraction of sp³-hybridized carbons (Fsp3) is 0.391. The van der Waals surface area contributed by atoms with E-state index in [1.165, 1.54) is 0 Å². The predicted octanol–water partition coefficient (Wildman–Crippen LogP) is 5.12. The first-order chi connectivity index (χ1) is 14.1. The number of aryl methyl sites for hydroxylation is 2. The second kappa shape index (κ2) is 10.3. The third-order valence-electron chi connectivity index (χ3n) is 4.58. The Morgan fingerprint density at radius 3 is 2.69 bits per heavy atom. The summed E-state index contributed by atoms with van der Waals surface area (Å²) in [5, 5.41) is 0.761. The molecule has 1 fully saturated rings. The zero-order valence-electron chi connectivity index (χ0n) is 17.3. The van der Waals surface area contributed by atoms with Crippen molar-refractivity contribution in [3.63, 3.8) is 0 Å². The van der Waals surface area contributed by atoms with E-state index < -0.39 is 0 Å². The van der Waals surface area contributed by atoms with Gasteiger partial charge in [-0.15, -0.1) is 0 Å². The van der Waals surface area contributed by atoms with Gasteiger partial charge in [-0.3, -0.25) is 9.69 Å². The zero-order chi connectivity index (χ0) is 20.6. The van der Waals surface area contributed by atoms with Gasteiger partial charge in [0, 0.05) is 12.3 Å². The van der Waals surface area contributed by atoms with Crippen LogP contribution in [0.25, 0.3) is 0 Å². The van der Waals surface area contributed by atoms with Crippen LogP contribution in [0.4, 0.5) is 5.69 Å². The van der Waals surface area contributed by atoms with Gasteiger partial charge in [-0.2, -0.15) is 0 Å². The van der Waals surface area contributed by atoms with E-state index in [1.807, 2.05) is 57.2 Å². The Kier molecular flexibility index (Phi) is 7.58. The first-order valence-corrected chi connectivity index (χ1v) is 11.0. The summed E-state index contributed by atoms with van der Waals surface area (Å²) in [6.45, 7) is 7.70. The Morgan fingerprint density at radius 2 is 1.93 bits per heavy atom. The monoisotopic (exact) mass is 412 g/mol. The summed E-state index contributed by atoms with van der Waals surface area (Å²) in [7, 11) is 0. The van der Waals surface area contributed by atoms with E-state index in [2.05, 4.69) is 6.07 Å². The number of nitrogens with zero attached hydrogens (tertiary/aromatic N) is 2. The molecule has 0 unspecified atom stereocenters. The number of aliphatic imine (C=N–C) groups is 1. The molecule has 2 aromatic carbocycles. The highest BCUT2D eigenvalue weighted by Gasteiger charge is 2.23. The molecule has 1 heterocycles.